The van der Waals surface area contributed by atoms with Crippen LogP contribution in [-0.2, 0) is 6.61 Å². The van der Waals surface area contributed by atoms with Crippen molar-refractivity contribution in [2.45, 2.75) is 6.61 Å². The van der Waals surface area contributed by atoms with E-state index in [1.165, 1.54) is 0 Å². The Balaban J connectivity index is 1.63. The van der Waals surface area contributed by atoms with Crippen LogP contribution in [0.4, 0.5) is 5.69 Å². The number of amides is 1. The van der Waals surface area contributed by atoms with Crippen molar-refractivity contribution in [3.63, 3.8) is 0 Å². The summed E-state index contributed by atoms with van der Waals surface area (Å²) in [6.45, 7) is 0.259. The second-order valence-electron chi connectivity index (χ2n) is 5.90. The van der Waals surface area contributed by atoms with Crippen molar-refractivity contribution in [3.05, 3.63) is 90.0 Å². The smallest absolute Gasteiger partial charge is 0.257 e. The van der Waals surface area contributed by atoms with Gasteiger partial charge in [0.15, 0.2) is 5.11 Å². The van der Waals surface area contributed by atoms with Gasteiger partial charge in [-0.3, -0.25) is 10.1 Å². The highest BCUT2D eigenvalue weighted by Gasteiger charge is 2.13. The van der Waals surface area contributed by atoms with Crippen LogP contribution in [-0.4, -0.2) is 18.1 Å². The lowest BCUT2D eigenvalue weighted by Gasteiger charge is -2.13. The van der Waals surface area contributed by atoms with Crippen LogP contribution in [0.3, 0.4) is 0 Å². The summed E-state index contributed by atoms with van der Waals surface area (Å²) < 4.78 is 10.9. The van der Waals surface area contributed by atoms with Gasteiger partial charge in [-0.1, -0.05) is 36.4 Å². The third-order valence-electron chi connectivity index (χ3n) is 3.97. The van der Waals surface area contributed by atoms with Crippen molar-refractivity contribution < 1.29 is 14.3 Å². The molecular formula is C22H20N2O3S. The minimum atomic E-state index is -0.289. The van der Waals surface area contributed by atoms with E-state index < -0.39 is 0 Å². The van der Waals surface area contributed by atoms with E-state index in [0.29, 0.717) is 11.3 Å². The van der Waals surface area contributed by atoms with Crippen LogP contribution in [0, 0.1) is 0 Å². The SMILES string of the molecule is COc1ccc(OCc2ccccc2C(=O)NC(=S)Nc2ccccc2)cc1. The Morgan fingerprint density at radius 1 is 0.893 bits per heavy atom. The Morgan fingerprint density at radius 3 is 2.25 bits per heavy atom. The Bertz CT molecular complexity index is 944. The molecule has 0 aromatic heterocycles. The number of para-hydroxylation sites is 1. The molecule has 0 radical (unpaired) electrons. The van der Waals surface area contributed by atoms with Crippen LogP contribution < -0.4 is 20.1 Å². The Morgan fingerprint density at radius 2 is 1.54 bits per heavy atom. The van der Waals surface area contributed by atoms with Gasteiger partial charge in [-0.25, -0.2) is 0 Å². The maximum absolute atomic E-state index is 12.7. The van der Waals surface area contributed by atoms with Crippen molar-refractivity contribution >= 4 is 28.9 Å². The molecular weight excluding hydrogens is 372 g/mol. The third-order valence-corrected chi connectivity index (χ3v) is 4.18. The average Bonchev–Trinajstić information content (AvgIpc) is 2.73. The lowest BCUT2D eigenvalue weighted by molar-refractivity contribution is 0.0975. The van der Waals surface area contributed by atoms with Crippen LogP contribution in [0.15, 0.2) is 78.9 Å². The Labute approximate surface area is 169 Å². The largest absolute Gasteiger partial charge is 0.497 e. The Kier molecular flexibility index (Phi) is 6.59. The van der Waals surface area contributed by atoms with Crippen molar-refractivity contribution in [2.24, 2.45) is 0 Å². The molecule has 6 heteroatoms. The highest BCUT2D eigenvalue weighted by atomic mass is 32.1. The zero-order chi connectivity index (χ0) is 19.8. The van der Waals surface area contributed by atoms with Crippen LogP contribution in [0.1, 0.15) is 15.9 Å². The normalized spacial score (nSPS) is 10.0. The van der Waals surface area contributed by atoms with E-state index in [9.17, 15) is 4.79 Å². The highest BCUT2D eigenvalue weighted by Crippen LogP contribution is 2.19. The van der Waals surface area contributed by atoms with Gasteiger partial charge in [-0.05, 0) is 54.7 Å². The lowest BCUT2D eigenvalue weighted by atomic mass is 10.1. The molecule has 0 heterocycles. The van der Waals surface area contributed by atoms with Gasteiger partial charge in [0.25, 0.3) is 5.91 Å². The molecule has 28 heavy (non-hydrogen) atoms. The van der Waals surface area contributed by atoms with Gasteiger partial charge in [0.2, 0.25) is 0 Å². The van der Waals surface area contributed by atoms with Crippen LogP contribution in [0.5, 0.6) is 11.5 Å². The number of methoxy groups -OCH3 is 1. The van der Waals surface area contributed by atoms with Gasteiger partial charge in [0.05, 0.1) is 7.11 Å². The van der Waals surface area contributed by atoms with Crippen molar-refractivity contribution in [2.75, 3.05) is 12.4 Å². The molecule has 3 aromatic rings. The molecule has 5 nitrogen and oxygen atoms in total. The molecule has 0 unspecified atom stereocenters. The predicted molar refractivity (Wildman–Crippen MR) is 114 cm³/mol. The summed E-state index contributed by atoms with van der Waals surface area (Å²) in [7, 11) is 1.61. The zero-order valence-electron chi connectivity index (χ0n) is 15.3. The summed E-state index contributed by atoms with van der Waals surface area (Å²) in [4.78, 5) is 12.7. The number of thiocarbonyl (C=S) groups is 1. The summed E-state index contributed by atoms with van der Waals surface area (Å²) in [6.07, 6.45) is 0. The van der Waals surface area contributed by atoms with Gasteiger partial charge in [-0.15, -0.1) is 0 Å². The molecule has 3 aromatic carbocycles. The molecule has 0 saturated carbocycles. The summed E-state index contributed by atoms with van der Waals surface area (Å²) >= 11 is 5.23. The van der Waals surface area contributed by atoms with E-state index in [4.69, 9.17) is 21.7 Å². The van der Waals surface area contributed by atoms with Crippen LogP contribution in [0.25, 0.3) is 0 Å². The van der Waals surface area contributed by atoms with E-state index in [1.54, 1.807) is 19.2 Å². The standard InChI is InChI=1S/C22H20N2O3S/c1-26-18-11-13-19(14-12-18)27-15-16-7-5-6-10-20(16)21(25)24-22(28)23-17-8-3-2-4-9-17/h2-14H,15H2,1H3,(H2,23,24,25,28). The molecule has 0 aliphatic carbocycles. The fraction of sp³-hybridized carbons (Fsp3) is 0.0909. The summed E-state index contributed by atoms with van der Waals surface area (Å²) in [5.41, 5.74) is 2.08. The summed E-state index contributed by atoms with van der Waals surface area (Å²) in [6, 6.07) is 24.0. The first-order valence-electron chi connectivity index (χ1n) is 8.68. The second kappa shape index (κ2) is 9.53. The molecule has 3 rings (SSSR count). The van der Waals surface area contributed by atoms with Gasteiger partial charge in [0, 0.05) is 16.8 Å². The first-order chi connectivity index (χ1) is 13.7. The van der Waals surface area contributed by atoms with Crippen molar-refractivity contribution in [3.8, 4) is 11.5 Å². The van der Waals surface area contributed by atoms with Gasteiger partial charge < -0.3 is 14.8 Å². The number of hydrogen-bond donors (Lipinski definition) is 2. The van der Waals surface area contributed by atoms with Gasteiger partial charge in [-0.2, -0.15) is 0 Å². The number of rotatable bonds is 6. The number of anilines is 1. The lowest BCUT2D eigenvalue weighted by Crippen LogP contribution is -2.34. The highest BCUT2D eigenvalue weighted by molar-refractivity contribution is 7.80. The Hall–Kier alpha value is -3.38. The first kappa shape index (κ1) is 19.4. The maximum atomic E-state index is 12.7. The average molecular weight is 392 g/mol. The number of ether oxygens (including phenoxy) is 2. The van der Waals surface area contributed by atoms with E-state index in [2.05, 4.69) is 10.6 Å². The molecule has 0 atom stereocenters. The molecule has 0 aliphatic rings. The molecule has 0 spiro atoms. The van der Waals surface area contributed by atoms with Gasteiger partial charge in [0.1, 0.15) is 18.1 Å². The maximum Gasteiger partial charge on any atom is 0.257 e. The number of carbonyl (C=O) groups excluding carboxylic acids is 1. The number of hydrogen-bond acceptors (Lipinski definition) is 4. The van der Waals surface area contributed by atoms with E-state index in [-0.39, 0.29) is 17.6 Å². The minimum Gasteiger partial charge on any atom is -0.497 e. The molecule has 0 fully saturated rings. The summed E-state index contributed by atoms with van der Waals surface area (Å²) in [5, 5.41) is 5.93. The van der Waals surface area contributed by atoms with Crippen LogP contribution >= 0.6 is 12.2 Å². The number of benzene rings is 3. The van der Waals surface area contributed by atoms with Crippen molar-refractivity contribution in [1.82, 2.24) is 5.32 Å². The van der Waals surface area contributed by atoms with E-state index in [0.717, 1.165) is 17.0 Å². The topological polar surface area (TPSA) is 59.6 Å². The van der Waals surface area contributed by atoms with Crippen molar-refractivity contribution in [1.29, 1.82) is 0 Å². The summed E-state index contributed by atoms with van der Waals surface area (Å²) in [5.74, 6) is 1.16. The second-order valence-corrected chi connectivity index (χ2v) is 6.30. The number of carbonyl (C=O) groups is 1. The predicted octanol–water partition coefficient (Wildman–Crippen LogP) is 4.40. The first-order valence-corrected chi connectivity index (χ1v) is 9.08. The molecule has 142 valence electrons. The van der Waals surface area contributed by atoms with Gasteiger partial charge >= 0.3 is 0 Å². The minimum absolute atomic E-state index is 0.238. The monoisotopic (exact) mass is 392 g/mol. The van der Waals surface area contributed by atoms with E-state index in [1.807, 2.05) is 66.7 Å². The zero-order valence-corrected chi connectivity index (χ0v) is 16.2. The number of nitrogens with one attached hydrogen (secondary N) is 2. The molecule has 1 amide bonds. The fourth-order valence-corrected chi connectivity index (χ4v) is 2.77. The molecule has 0 aliphatic heterocycles. The van der Waals surface area contributed by atoms with E-state index >= 15 is 0 Å². The molecule has 2 N–H and O–H groups in total. The quantitative estimate of drug-likeness (QED) is 0.609. The molecule has 0 saturated heterocycles. The third kappa shape index (κ3) is 5.31. The molecule has 0 bridgehead atoms. The fourth-order valence-electron chi connectivity index (χ4n) is 2.55. The van der Waals surface area contributed by atoms with Crippen LogP contribution in [0.2, 0.25) is 0 Å².